The zero-order chi connectivity index (χ0) is 15.8. The van der Waals surface area contributed by atoms with Crippen LogP contribution in [0.1, 0.15) is 46.5 Å². The van der Waals surface area contributed by atoms with Crippen LogP contribution in [0.15, 0.2) is 23.8 Å². The summed E-state index contributed by atoms with van der Waals surface area (Å²) in [6, 6.07) is 0. The fourth-order valence-corrected chi connectivity index (χ4v) is 2.54. The Morgan fingerprint density at radius 3 is 2.33 bits per heavy atom. The molecule has 0 bridgehead atoms. The molecule has 21 heavy (non-hydrogen) atoms. The van der Waals surface area contributed by atoms with Crippen LogP contribution in [0, 0.1) is 0 Å². The minimum absolute atomic E-state index is 0.00842. The van der Waals surface area contributed by atoms with Gasteiger partial charge in [-0.05, 0) is 46.5 Å². The van der Waals surface area contributed by atoms with Crippen molar-refractivity contribution in [3.05, 3.63) is 23.8 Å². The van der Waals surface area contributed by atoms with Crippen molar-refractivity contribution in [3.8, 4) is 0 Å². The quantitative estimate of drug-likeness (QED) is 0.706. The molecule has 1 fully saturated rings. The Labute approximate surface area is 128 Å². The number of likely N-dealkylation sites (N-methyl/N-ethyl adjacent to an activating group) is 1. The second-order valence-electron chi connectivity index (χ2n) is 5.69. The minimum atomic E-state index is -0.00842. The highest BCUT2D eigenvalue weighted by molar-refractivity contribution is 5.93. The Hall–Kier alpha value is -1.58. The third-order valence-corrected chi connectivity index (χ3v) is 3.86. The lowest BCUT2D eigenvalue weighted by atomic mass is 10.1. The van der Waals surface area contributed by atoms with Gasteiger partial charge < -0.3 is 9.80 Å². The number of likely N-dealkylation sites (tertiary alicyclic amines) is 1. The first-order valence-electron chi connectivity index (χ1n) is 7.88. The SMILES string of the molecule is C=C(C)C(=O)N(CC)CC/C=C(\C)C(=O)N1CCCCC1. The summed E-state index contributed by atoms with van der Waals surface area (Å²) in [4.78, 5) is 27.8. The van der Waals surface area contributed by atoms with Crippen molar-refractivity contribution in [2.45, 2.75) is 46.5 Å². The summed E-state index contributed by atoms with van der Waals surface area (Å²) >= 11 is 0. The van der Waals surface area contributed by atoms with E-state index in [0.29, 0.717) is 25.1 Å². The molecule has 0 N–H and O–H groups in total. The molecule has 0 aromatic carbocycles. The van der Waals surface area contributed by atoms with E-state index in [2.05, 4.69) is 6.58 Å². The van der Waals surface area contributed by atoms with Gasteiger partial charge in [-0.15, -0.1) is 0 Å². The third-order valence-electron chi connectivity index (χ3n) is 3.86. The van der Waals surface area contributed by atoms with Gasteiger partial charge in [-0.3, -0.25) is 9.59 Å². The minimum Gasteiger partial charge on any atom is -0.339 e. The number of hydrogen-bond donors (Lipinski definition) is 0. The molecule has 1 aliphatic heterocycles. The van der Waals surface area contributed by atoms with Crippen LogP contribution in [0.4, 0.5) is 0 Å². The predicted molar refractivity (Wildman–Crippen MR) is 85.9 cm³/mol. The van der Waals surface area contributed by atoms with Crippen LogP contribution >= 0.6 is 0 Å². The molecule has 0 saturated carbocycles. The van der Waals surface area contributed by atoms with Crippen molar-refractivity contribution >= 4 is 11.8 Å². The van der Waals surface area contributed by atoms with Gasteiger partial charge in [0.25, 0.3) is 0 Å². The van der Waals surface area contributed by atoms with E-state index < -0.39 is 0 Å². The van der Waals surface area contributed by atoms with Gasteiger partial charge >= 0.3 is 0 Å². The maximum absolute atomic E-state index is 12.2. The van der Waals surface area contributed by atoms with E-state index in [1.807, 2.05) is 24.8 Å². The average molecular weight is 292 g/mol. The Morgan fingerprint density at radius 1 is 1.19 bits per heavy atom. The third kappa shape index (κ3) is 5.37. The maximum atomic E-state index is 12.2. The number of hydrogen-bond acceptors (Lipinski definition) is 2. The van der Waals surface area contributed by atoms with Gasteiger partial charge in [0.1, 0.15) is 0 Å². The molecule has 0 aliphatic carbocycles. The van der Waals surface area contributed by atoms with E-state index in [1.54, 1.807) is 11.8 Å². The summed E-state index contributed by atoms with van der Waals surface area (Å²) in [5.41, 5.74) is 1.35. The Morgan fingerprint density at radius 2 is 1.81 bits per heavy atom. The second kappa shape index (κ2) is 8.65. The van der Waals surface area contributed by atoms with Gasteiger partial charge in [0.15, 0.2) is 0 Å². The molecule has 4 heteroatoms. The Bertz CT molecular complexity index is 421. The predicted octanol–water partition coefficient (Wildman–Crippen LogP) is 2.76. The van der Waals surface area contributed by atoms with Crippen molar-refractivity contribution in [3.63, 3.8) is 0 Å². The van der Waals surface area contributed by atoms with Crippen LogP contribution in [-0.4, -0.2) is 47.8 Å². The molecule has 2 amide bonds. The van der Waals surface area contributed by atoms with Crippen LogP contribution in [-0.2, 0) is 9.59 Å². The summed E-state index contributed by atoms with van der Waals surface area (Å²) in [7, 11) is 0. The normalized spacial score (nSPS) is 15.8. The van der Waals surface area contributed by atoms with Gasteiger partial charge in [0.05, 0.1) is 0 Å². The molecular formula is C17H28N2O2. The van der Waals surface area contributed by atoms with Gasteiger partial charge in [-0.2, -0.15) is 0 Å². The van der Waals surface area contributed by atoms with Crippen LogP contribution in [0.25, 0.3) is 0 Å². The van der Waals surface area contributed by atoms with Crippen molar-refractivity contribution in [1.82, 2.24) is 9.80 Å². The lowest BCUT2D eigenvalue weighted by Crippen LogP contribution is -2.36. The standard InChI is InChI=1S/C17H28N2O2/c1-5-18(16(20)14(2)3)13-9-10-15(4)17(21)19-11-7-6-8-12-19/h10H,2,5-9,11-13H2,1,3-4H3/b15-10+. The Kier molecular flexibility index (Phi) is 7.20. The monoisotopic (exact) mass is 292 g/mol. The number of carbonyl (C=O) groups excluding carboxylic acids is 2. The van der Waals surface area contributed by atoms with E-state index in [9.17, 15) is 9.59 Å². The molecule has 0 aromatic heterocycles. The molecule has 1 saturated heterocycles. The molecule has 1 heterocycles. The lowest BCUT2D eigenvalue weighted by molar-refractivity contribution is -0.128. The number of nitrogens with zero attached hydrogens (tertiary/aromatic N) is 2. The molecule has 0 spiro atoms. The smallest absolute Gasteiger partial charge is 0.249 e. The van der Waals surface area contributed by atoms with Crippen molar-refractivity contribution in [1.29, 1.82) is 0 Å². The van der Waals surface area contributed by atoms with E-state index in [-0.39, 0.29) is 11.8 Å². The molecule has 1 aliphatic rings. The lowest BCUT2D eigenvalue weighted by Gasteiger charge is -2.27. The van der Waals surface area contributed by atoms with E-state index >= 15 is 0 Å². The molecule has 0 aromatic rings. The highest BCUT2D eigenvalue weighted by Gasteiger charge is 2.17. The molecule has 0 unspecified atom stereocenters. The number of rotatable bonds is 6. The van der Waals surface area contributed by atoms with E-state index in [4.69, 9.17) is 0 Å². The van der Waals surface area contributed by atoms with Crippen LogP contribution in [0.3, 0.4) is 0 Å². The van der Waals surface area contributed by atoms with Gasteiger partial charge in [-0.25, -0.2) is 0 Å². The number of carbonyl (C=O) groups is 2. The molecule has 0 atom stereocenters. The second-order valence-corrected chi connectivity index (χ2v) is 5.69. The van der Waals surface area contributed by atoms with Crippen molar-refractivity contribution in [2.75, 3.05) is 26.2 Å². The number of piperidine rings is 1. The fourth-order valence-electron chi connectivity index (χ4n) is 2.54. The zero-order valence-corrected chi connectivity index (χ0v) is 13.7. The van der Waals surface area contributed by atoms with E-state index in [1.165, 1.54) is 6.42 Å². The molecule has 4 nitrogen and oxygen atoms in total. The molecule has 1 rings (SSSR count). The van der Waals surface area contributed by atoms with Crippen LogP contribution in [0.5, 0.6) is 0 Å². The zero-order valence-electron chi connectivity index (χ0n) is 13.7. The van der Waals surface area contributed by atoms with Crippen molar-refractivity contribution in [2.24, 2.45) is 0 Å². The van der Waals surface area contributed by atoms with Crippen LogP contribution in [0.2, 0.25) is 0 Å². The number of amides is 2. The summed E-state index contributed by atoms with van der Waals surface area (Å²) in [6.45, 7) is 12.3. The first-order valence-corrected chi connectivity index (χ1v) is 7.88. The largest absolute Gasteiger partial charge is 0.339 e. The molecule has 0 radical (unpaired) electrons. The fraction of sp³-hybridized carbons (Fsp3) is 0.647. The maximum Gasteiger partial charge on any atom is 0.249 e. The van der Waals surface area contributed by atoms with Crippen molar-refractivity contribution < 1.29 is 9.59 Å². The highest BCUT2D eigenvalue weighted by atomic mass is 16.2. The summed E-state index contributed by atoms with van der Waals surface area (Å²) in [5.74, 6) is 0.134. The van der Waals surface area contributed by atoms with Gasteiger partial charge in [0, 0.05) is 37.3 Å². The molecule has 118 valence electrons. The average Bonchev–Trinajstić information content (AvgIpc) is 2.50. The summed E-state index contributed by atoms with van der Waals surface area (Å²) in [6.07, 6.45) is 6.09. The topological polar surface area (TPSA) is 40.6 Å². The van der Waals surface area contributed by atoms with E-state index in [0.717, 1.165) is 31.5 Å². The van der Waals surface area contributed by atoms with Gasteiger partial charge in [0.2, 0.25) is 11.8 Å². The first-order chi connectivity index (χ1) is 9.97. The highest BCUT2D eigenvalue weighted by Crippen LogP contribution is 2.12. The summed E-state index contributed by atoms with van der Waals surface area (Å²) in [5, 5.41) is 0. The van der Waals surface area contributed by atoms with Crippen LogP contribution < -0.4 is 0 Å². The first kappa shape index (κ1) is 17.5. The summed E-state index contributed by atoms with van der Waals surface area (Å²) < 4.78 is 0. The Balaban J connectivity index is 2.48. The molecular weight excluding hydrogens is 264 g/mol. The van der Waals surface area contributed by atoms with Gasteiger partial charge in [-0.1, -0.05) is 12.7 Å².